The van der Waals surface area contributed by atoms with Gasteiger partial charge in [0.15, 0.2) is 5.82 Å². The summed E-state index contributed by atoms with van der Waals surface area (Å²) in [6.45, 7) is 1.10. The number of rotatable bonds is 7. The lowest BCUT2D eigenvalue weighted by atomic mass is 10.2. The number of nitrogens with zero attached hydrogens (tertiary/aromatic N) is 5. The van der Waals surface area contributed by atoms with Crippen LogP contribution in [0.15, 0.2) is 17.5 Å². The van der Waals surface area contributed by atoms with E-state index in [-0.39, 0.29) is 18.5 Å². The Kier molecular flexibility index (Phi) is 5.47. The Bertz CT molecular complexity index is 625. The maximum atomic E-state index is 12.6. The number of alkyl halides is 3. The smallest absolute Gasteiger partial charge is 0.377 e. The van der Waals surface area contributed by atoms with Crippen molar-refractivity contribution in [1.29, 1.82) is 0 Å². The molecular weight excluding hydrogens is 343 g/mol. The highest BCUT2D eigenvalue weighted by Gasteiger charge is 2.30. The molecule has 6 nitrogen and oxygen atoms in total. The lowest BCUT2D eigenvalue weighted by molar-refractivity contribution is -0.143. The summed E-state index contributed by atoms with van der Waals surface area (Å²) in [6.07, 6.45) is -2.26. The Labute approximate surface area is 141 Å². The Hall–Kier alpha value is -1.52. The van der Waals surface area contributed by atoms with Crippen LogP contribution in [0.4, 0.5) is 13.2 Å². The van der Waals surface area contributed by atoms with Crippen molar-refractivity contribution >= 4 is 11.3 Å². The highest BCUT2D eigenvalue weighted by atomic mass is 32.1. The molecule has 1 saturated heterocycles. The van der Waals surface area contributed by atoms with Gasteiger partial charge >= 0.3 is 6.18 Å². The monoisotopic (exact) mass is 361 g/mol. The van der Waals surface area contributed by atoms with Crippen molar-refractivity contribution in [2.45, 2.75) is 44.8 Å². The fraction of sp³-hybridized carbons (Fsp3) is 0.643. The molecule has 0 aromatic carbocycles. The summed E-state index contributed by atoms with van der Waals surface area (Å²) in [7, 11) is 0. The molecule has 10 heteroatoms. The molecule has 0 saturated carbocycles. The van der Waals surface area contributed by atoms with Gasteiger partial charge in [-0.2, -0.15) is 13.2 Å². The van der Waals surface area contributed by atoms with E-state index >= 15 is 0 Å². The first-order chi connectivity index (χ1) is 11.5. The van der Waals surface area contributed by atoms with Crippen molar-refractivity contribution < 1.29 is 17.9 Å². The van der Waals surface area contributed by atoms with Crippen molar-refractivity contribution in [1.82, 2.24) is 25.1 Å². The van der Waals surface area contributed by atoms with Gasteiger partial charge in [-0.25, -0.2) is 4.68 Å². The summed E-state index contributed by atoms with van der Waals surface area (Å²) < 4.78 is 44.3. The molecule has 0 aliphatic carbocycles. The fourth-order valence-electron chi connectivity index (χ4n) is 2.71. The zero-order valence-corrected chi connectivity index (χ0v) is 13.8. The molecule has 2 aromatic heterocycles. The number of hydrogen-bond donors (Lipinski definition) is 0. The maximum absolute atomic E-state index is 12.6. The number of thiophene rings is 1. The van der Waals surface area contributed by atoms with E-state index in [9.17, 15) is 13.2 Å². The second-order valence-electron chi connectivity index (χ2n) is 5.75. The highest BCUT2D eigenvalue weighted by Crippen LogP contribution is 2.20. The van der Waals surface area contributed by atoms with Crippen LogP contribution in [0.5, 0.6) is 0 Å². The quantitative estimate of drug-likeness (QED) is 0.758. The van der Waals surface area contributed by atoms with Gasteiger partial charge in [-0.15, -0.1) is 16.4 Å². The van der Waals surface area contributed by atoms with Gasteiger partial charge in [0.1, 0.15) is 6.54 Å². The van der Waals surface area contributed by atoms with E-state index in [0.717, 1.165) is 29.0 Å². The van der Waals surface area contributed by atoms with E-state index in [4.69, 9.17) is 4.74 Å². The van der Waals surface area contributed by atoms with E-state index in [2.05, 4.69) is 15.5 Å². The van der Waals surface area contributed by atoms with Gasteiger partial charge in [-0.3, -0.25) is 4.90 Å². The molecule has 1 atom stereocenters. The highest BCUT2D eigenvalue weighted by molar-refractivity contribution is 7.09. The van der Waals surface area contributed by atoms with Crippen LogP contribution in [0.25, 0.3) is 0 Å². The number of aromatic nitrogens is 4. The third-order valence-corrected chi connectivity index (χ3v) is 4.61. The minimum atomic E-state index is -4.35. The number of hydrogen-bond acceptors (Lipinski definition) is 6. The van der Waals surface area contributed by atoms with Crippen LogP contribution in [0.3, 0.4) is 0 Å². The van der Waals surface area contributed by atoms with Gasteiger partial charge in [-0.05, 0) is 34.7 Å². The van der Waals surface area contributed by atoms with Crippen molar-refractivity contribution in [3.63, 3.8) is 0 Å². The Morgan fingerprint density at radius 3 is 2.92 bits per heavy atom. The lowest BCUT2D eigenvalue weighted by Gasteiger charge is -2.24. The first kappa shape index (κ1) is 17.3. The van der Waals surface area contributed by atoms with Crippen LogP contribution in [0, 0.1) is 0 Å². The van der Waals surface area contributed by atoms with E-state index in [1.807, 2.05) is 22.4 Å². The standard InChI is InChI=1S/C14H18F3N5OS/c15-14(16,17)10-22-13(18-19-20-22)9-21(7-11-3-1-5-23-11)8-12-4-2-6-24-12/h2,4,6,11H,1,3,5,7-10H2. The molecule has 2 aromatic rings. The fourth-order valence-corrected chi connectivity index (χ4v) is 3.46. The van der Waals surface area contributed by atoms with E-state index < -0.39 is 12.7 Å². The summed E-state index contributed by atoms with van der Waals surface area (Å²) in [5, 5.41) is 12.6. The molecule has 1 fully saturated rings. The van der Waals surface area contributed by atoms with Gasteiger partial charge in [0.05, 0.1) is 12.6 Å². The lowest BCUT2D eigenvalue weighted by Crippen LogP contribution is -2.33. The minimum absolute atomic E-state index is 0.108. The molecule has 1 aliphatic rings. The van der Waals surface area contributed by atoms with Gasteiger partial charge < -0.3 is 4.74 Å². The van der Waals surface area contributed by atoms with Crippen LogP contribution in [-0.2, 0) is 24.4 Å². The normalized spacial score (nSPS) is 18.6. The van der Waals surface area contributed by atoms with Gasteiger partial charge in [-0.1, -0.05) is 6.07 Å². The minimum Gasteiger partial charge on any atom is -0.377 e. The molecular formula is C14H18F3N5OS. The average Bonchev–Trinajstić information content (AvgIpc) is 3.22. The summed E-state index contributed by atoms with van der Waals surface area (Å²) in [5.74, 6) is 0.210. The molecule has 132 valence electrons. The topological polar surface area (TPSA) is 56.1 Å². The third kappa shape index (κ3) is 4.99. The summed E-state index contributed by atoms with van der Waals surface area (Å²) in [5.41, 5.74) is 0. The Balaban J connectivity index is 1.69. The summed E-state index contributed by atoms with van der Waals surface area (Å²) in [6, 6.07) is 3.96. The van der Waals surface area contributed by atoms with Crippen molar-refractivity contribution in [3.8, 4) is 0 Å². The molecule has 0 radical (unpaired) electrons. The average molecular weight is 361 g/mol. The number of halogens is 3. The maximum Gasteiger partial charge on any atom is 0.408 e. The molecule has 1 unspecified atom stereocenters. The number of ether oxygens (including phenoxy) is 1. The van der Waals surface area contributed by atoms with E-state index in [1.54, 1.807) is 11.3 Å². The molecule has 24 heavy (non-hydrogen) atoms. The van der Waals surface area contributed by atoms with Crippen LogP contribution in [0.2, 0.25) is 0 Å². The Morgan fingerprint density at radius 2 is 2.25 bits per heavy atom. The van der Waals surface area contributed by atoms with Crippen molar-refractivity contribution in [2.24, 2.45) is 0 Å². The van der Waals surface area contributed by atoms with Crippen LogP contribution in [0.1, 0.15) is 23.5 Å². The molecule has 0 bridgehead atoms. The van der Waals surface area contributed by atoms with Crippen LogP contribution >= 0.6 is 11.3 Å². The number of tetrazole rings is 1. The van der Waals surface area contributed by atoms with Crippen molar-refractivity contribution in [3.05, 3.63) is 28.2 Å². The predicted octanol–water partition coefficient (Wildman–Crippen LogP) is 2.48. The van der Waals surface area contributed by atoms with Gasteiger partial charge in [0, 0.05) is 24.6 Å². The molecule has 3 rings (SSSR count). The second kappa shape index (κ2) is 7.58. The van der Waals surface area contributed by atoms with Crippen LogP contribution in [-0.4, -0.2) is 50.5 Å². The van der Waals surface area contributed by atoms with Crippen LogP contribution < -0.4 is 0 Å². The predicted molar refractivity (Wildman–Crippen MR) is 81.3 cm³/mol. The summed E-state index contributed by atoms with van der Waals surface area (Å²) in [4.78, 5) is 3.18. The first-order valence-electron chi connectivity index (χ1n) is 7.68. The zero-order chi connectivity index (χ0) is 17.0. The molecule has 1 aliphatic heterocycles. The molecule has 3 heterocycles. The third-order valence-electron chi connectivity index (χ3n) is 3.75. The zero-order valence-electron chi connectivity index (χ0n) is 12.9. The van der Waals surface area contributed by atoms with Gasteiger partial charge in [0.2, 0.25) is 0 Å². The Morgan fingerprint density at radius 1 is 1.38 bits per heavy atom. The second-order valence-corrected chi connectivity index (χ2v) is 6.78. The summed E-state index contributed by atoms with van der Waals surface area (Å²) >= 11 is 1.62. The molecule has 0 N–H and O–H groups in total. The molecule has 0 spiro atoms. The van der Waals surface area contributed by atoms with Gasteiger partial charge in [0.25, 0.3) is 0 Å². The van der Waals surface area contributed by atoms with E-state index in [1.165, 1.54) is 0 Å². The molecule has 0 amide bonds. The van der Waals surface area contributed by atoms with Crippen molar-refractivity contribution in [2.75, 3.05) is 13.2 Å². The first-order valence-corrected chi connectivity index (χ1v) is 8.56. The largest absolute Gasteiger partial charge is 0.408 e. The SMILES string of the molecule is FC(F)(F)Cn1nnnc1CN(Cc1cccs1)CC1CCCO1. The van der Waals surface area contributed by atoms with E-state index in [0.29, 0.717) is 13.1 Å².